The third kappa shape index (κ3) is 7.30. The topological polar surface area (TPSA) is 69.6 Å². The Balaban J connectivity index is 0.00000338. The molecule has 0 saturated carbocycles. The first-order chi connectivity index (χ1) is 12.0. The standard InChI is InChI=1S/C18H29N5OS.HI/c1-13(2)15-12-23(9-10-25-15)18(19-4)20-8-7-17(24)22-16-6-5-14(3)11-21-16;/h5-6,11,13,15H,7-10,12H2,1-4H3,(H,19,20)(H,21,22,24);1H. The third-order valence-electron chi connectivity index (χ3n) is 4.16. The lowest BCUT2D eigenvalue weighted by Gasteiger charge is -2.36. The molecule has 2 heterocycles. The Morgan fingerprint density at radius 1 is 1.46 bits per heavy atom. The van der Waals surface area contributed by atoms with Crippen molar-refractivity contribution in [3.63, 3.8) is 0 Å². The summed E-state index contributed by atoms with van der Waals surface area (Å²) < 4.78 is 0. The van der Waals surface area contributed by atoms with E-state index in [4.69, 9.17) is 0 Å². The van der Waals surface area contributed by atoms with Gasteiger partial charge >= 0.3 is 0 Å². The molecule has 1 fully saturated rings. The predicted octanol–water partition coefficient (Wildman–Crippen LogP) is 2.99. The van der Waals surface area contributed by atoms with Gasteiger partial charge in [0.25, 0.3) is 0 Å². The molecule has 1 saturated heterocycles. The number of hydrogen-bond donors (Lipinski definition) is 2. The molecule has 0 bridgehead atoms. The normalized spacial score (nSPS) is 17.7. The number of hydrogen-bond acceptors (Lipinski definition) is 4. The van der Waals surface area contributed by atoms with Crippen LogP contribution in [0.4, 0.5) is 5.82 Å². The quantitative estimate of drug-likeness (QED) is 0.377. The lowest BCUT2D eigenvalue weighted by Crippen LogP contribution is -2.49. The van der Waals surface area contributed by atoms with Crippen LogP contribution in [0.2, 0.25) is 0 Å². The van der Waals surface area contributed by atoms with Crippen LogP contribution in [0.3, 0.4) is 0 Å². The average molecular weight is 491 g/mol. The zero-order valence-electron chi connectivity index (χ0n) is 16.0. The molecule has 1 atom stereocenters. The maximum atomic E-state index is 12.0. The van der Waals surface area contributed by atoms with Crippen molar-refractivity contribution in [2.24, 2.45) is 10.9 Å². The highest BCUT2D eigenvalue weighted by Gasteiger charge is 2.24. The number of nitrogens with zero attached hydrogens (tertiary/aromatic N) is 3. The van der Waals surface area contributed by atoms with E-state index in [0.29, 0.717) is 30.0 Å². The maximum Gasteiger partial charge on any atom is 0.227 e. The molecule has 1 unspecified atom stereocenters. The van der Waals surface area contributed by atoms with Gasteiger partial charge in [-0.15, -0.1) is 24.0 Å². The fourth-order valence-electron chi connectivity index (χ4n) is 2.64. The second kappa shape index (κ2) is 11.6. The van der Waals surface area contributed by atoms with E-state index < -0.39 is 0 Å². The Labute approximate surface area is 178 Å². The van der Waals surface area contributed by atoms with Crippen molar-refractivity contribution in [2.45, 2.75) is 32.4 Å². The van der Waals surface area contributed by atoms with Gasteiger partial charge in [-0.2, -0.15) is 11.8 Å². The van der Waals surface area contributed by atoms with Crippen LogP contribution >= 0.6 is 35.7 Å². The van der Waals surface area contributed by atoms with Crippen molar-refractivity contribution in [2.75, 3.05) is 37.8 Å². The molecule has 8 heteroatoms. The first-order valence-corrected chi connectivity index (χ1v) is 9.84. The number of guanidine groups is 1. The van der Waals surface area contributed by atoms with Crippen molar-refractivity contribution in [1.29, 1.82) is 0 Å². The highest BCUT2D eigenvalue weighted by atomic mass is 127. The second-order valence-corrected chi connectivity index (χ2v) is 7.94. The fourth-order valence-corrected chi connectivity index (χ4v) is 3.94. The number of aromatic nitrogens is 1. The number of carbonyl (C=O) groups excluding carboxylic acids is 1. The van der Waals surface area contributed by atoms with Crippen LogP contribution in [0, 0.1) is 12.8 Å². The third-order valence-corrected chi connectivity index (χ3v) is 5.70. The molecule has 1 aromatic rings. The summed E-state index contributed by atoms with van der Waals surface area (Å²) in [7, 11) is 1.80. The Hall–Kier alpha value is -1.03. The molecule has 6 nitrogen and oxygen atoms in total. The van der Waals surface area contributed by atoms with Gasteiger partial charge in [-0.25, -0.2) is 4.98 Å². The first kappa shape index (κ1) is 23.0. The summed E-state index contributed by atoms with van der Waals surface area (Å²) >= 11 is 2.04. The van der Waals surface area contributed by atoms with E-state index >= 15 is 0 Å². The summed E-state index contributed by atoms with van der Waals surface area (Å²) in [6, 6.07) is 3.75. The molecule has 146 valence electrons. The van der Waals surface area contributed by atoms with Crippen molar-refractivity contribution in [3.05, 3.63) is 23.9 Å². The predicted molar refractivity (Wildman–Crippen MR) is 122 cm³/mol. The van der Waals surface area contributed by atoms with Crippen LogP contribution in [0.15, 0.2) is 23.3 Å². The Bertz CT molecular complexity index is 594. The number of halogens is 1. The molecule has 2 rings (SSSR count). The van der Waals surface area contributed by atoms with E-state index in [1.165, 1.54) is 0 Å². The number of carbonyl (C=O) groups is 1. The number of aliphatic imine (C=N–C) groups is 1. The first-order valence-electron chi connectivity index (χ1n) is 8.79. The van der Waals surface area contributed by atoms with Crippen LogP contribution in [0.1, 0.15) is 25.8 Å². The van der Waals surface area contributed by atoms with E-state index in [-0.39, 0.29) is 29.9 Å². The zero-order valence-corrected chi connectivity index (χ0v) is 19.1. The number of pyridine rings is 1. The highest BCUT2D eigenvalue weighted by Crippen LogP contribution is 2.24. The van der Waals surface area contributed by atoms with Crippen molar-refractivity contribution >= 4 is 53.4 Å². The number of aryl methyl sites for hydroxylation is 1. The van der Waals surface area contributed by atoms with Crippen LogP contribution in [0.5, 0.6) is 0 Å². The summed E-state index contributed by atoms with van der Waals surface area (Å²) in [6.45, 7) is 9.05. The second-order valence-electron chi connectivity index (χ2n) is 6.59. The molecular weight excluding hydrogens is 461 g/mol. The summed E-state index contributed by atoms with van der Waals surface area (Å²) in [4.78, 5) is 22.9. The molecule has 0 spiro atoms. The summed E-state index contributed by atoms with van der Waals surface area (Å²) in [5.74, 6) is 3.19. The molecule has 1 aliphatic rings. The minimum absolute atomic E-state index is 0. The largest absolute Gasteiger partial charge is 0.356 e. The zero-order chi connectivity index (χ0) is 18.2. The monoisotopic (exact) mass is 491 g/mol. The van der Waals surface area contributed by atoms with Gasteiger partial charge in [0.15, 0.2) is 5.96 Å². The Kier molecular flexibility index (Phi) is 10.3. The smallest absolute Gasteiger partial charge is 0.227 e. The van der Waals surface area contributed by atoms with Gasteiger partial charge in [0, 0.05) is 50.3 Å². The lowest BCUT2D eigenvalue weighted by molar-refractivity contribution is -0.116. The fraction of sp³-hybridized carbons (Fsp3) is 0.611. The molecule has 2 N–H and O–H groups in total. The van der Waals surface area contributed by atoms with Crippen LogP contribution in [-0.4, -0.2) is 59.4 Å². The molecule has 0 aliphatic carbocycles. The van der Waals surface area contributed by atoms with E-state index in [0.717, 1.165) is 30.4 Å². The van der Waals surface area contributed by atoms with Gasteiger partial charge in [0.05, 0.1) is 0 Å². The molecule has 1 amide bonds. The molecule has 0 aromatic carbocycles. The van der Waals surface area contributed by atoms with Crippen LogP contribution in [0.25, 0.3) is 0 Å². The van der Waals surface area contributed by atoms with Crippen LogP contribution in [-0.2, 0) is 4.79 Å². The van der Waals surface area contributed by atoms with Gasteiger partial charge in [-0.05, 0) is 24.5 Å². The van der Waals surface area contributed by atoms with Gasteiger partial charge < -0.3 is 15.5 Å². The Morgan fingerprint density at radius 3 is 2.85 bits per heavy atom. The summed E-state index contributed by atoms with van der Waals surface area (Å²) in [5.41, 5.74) is 1.07. The van der Waals surface area contributed by atoms with E-state index in [1.54, 1.807) is 13.2 Å². The van der Waals surface area contributed by atoms with E-state index in [2.05, 4.69) is 39.4 Å². The minimum atomic E-state index is -0.0476. The summed E-state index contributed by atoms with van der Waals surface area (Å²) in [5, 5.41) is 6.75. The van der Waals surface area contributed by atoms with Gasteiger partial charge in [0.1, 0.15) is 5.82 Å². The number of rotatable bonds is 5. The number of anilines is 1. The van der Waals surface area contributed by atoms with E-state index in [9.17, 15) is 4.79 Å². The lowest BCUT2D eigenvalue weighted by atomic mass is 10.1. The molecule has 26 heavy (non-hydrogen) atoms. The average Bonchev–Trinajstić information content (AvgIpc) is 2.61. The highest BCUT2D eigenvalue weighted by molar-refractivity contribution is 14.0. The molecule has 1 aromatic heterocycles. The van der Waals surface area contributed by atoms with Gasteiger partial charge in [-0.3, -0.25) is 9.79 Å². The molecule has 1 aliphatic heterocycles. The Morgan fingerprint density at radius 2 is 2.23 bits per heavy atom. The SMILES string of the molecule is CN=C(NCCC(=O)Nc1ccc(C)cn1)N1CCSC(C(C)C)C1.I. The molecular formula is C18H30IN5OS. The van der Waals surface area contributed by atoms with Gasteiger partial charge in [0.2, 0.25) is 5.91 Å². The number of amides is 1. The molecule has 0 radical (unpaired) electrons. The van der Waals surface area contributed by atoms with Crippen molar-refractivity contribution in [3.8, 4) is 0 Å². The number of nitrogens with one attached hydrogen (secondary N) is 2. The maximum absolute atomic E-state index is 12.0. The minimum Gasteiger partial charge on any atom is -0.356 e. The van der Waals surface area contributed by atoms with Crippen molar-refractivity contribution in [1.82, 2.24) is 15.2 Å². The number of thioether (sulfide) groups is 1. The summed E-state index contributed by atoms with van der Waals surface area (Å²) in [6.07, 6.45) is 2.12. The van der Waals surface area contributed by atoms with Crippen LogP contribution < -0.4 is 10.6 Å². The van der Waals surface area contributed by atoms with Crippen molar-refractivity contribution < 1.29 is 4.79 Å². The van der Waals surface area contributed by atoms with Gasteiger partial charge in [-0.1, -0.05) is 19.9 Å². The van der Waals surface area contributed by atoms with E-state index in [1.807, 2.05) is 30.8 Å².